The maximum Gasteiger partial charge on any atom is 0.192 e. The van der Waals surface area contributed by atoms with E-state index in [1.807, 2.05) is 12.2 Å². The predicted octanol–water partition coefficient (Wildman–Crippen LogP) is 2.65. The second-order valence-corrected chi connectivity index (χ2v) is 6.87. The zero-order valence-corrected chi connectivity index (χ0v) is 15.1. The molecule has 0 saturated carbocycles. The van der Waals surface area contributed by atoms with Crippen LogP contribution in [-0.4, -0.2) is 53.3 Å². The highest BCUT2D eigenvalue weighted by molar-refractivity contribution is 6.00. The number of aromatic nitrogens is 1. The third-order valence-electron chi connectivity index (χ3n) is 5.04. The molecule has 0 aliphatic carbocycles. The van der Waals surface area contributed by atoms with Crippen LogP contribution in [0.3, 0.4) is 0 Å². The first kappa shape index (κ1) is 16.3. The molecule has 7 heteroatoms. The molecular weight excluding hydrogens is 345 g/mol. The SMILES string of the molecule is Cc1nc2c(F)cc(C3=CCN4C=C(N5CCNCC5)C=CC4=N3)cc2o1. The maximum absolute atomic E-state index is 14.4. The van der Waals surface area contributed by atoms with Gasteiger partial charge in [-0.15, -0.1) is 0 Å². The molecule has 1 N–H and O–H groups in total. The summed E-state index contributed by atoms with van der Waals surface area (Å²) in [5, 5.41) is 3.37. The number of nitrogens with one attached hydrogen (secondary N) is 1. The topological polar surface area (TPSA) is 56.9 Å². The first-order chi connectivity index (χ1) is 13.2. The van der Waals surface area contributed by atoms with E-state index in [4.69, 9.17) is 9.41 Å². The summed E-state index contributed by atoms with van der Waals surface area (Å²) >= 11 is 0. The van der Waals surface area contributed by atoms with Crippen LogP contribution in [0.5, 0.6) is 0 Å². The summed E-state index contributed by atoms with van der Waals surface area (Å²) in [5.41, 5.74) is 3.37. The fourth-order valence-electron chi connectivity index (χ4n) is 3.67. The first-order valence-corrected chi connectivity index (χ1v) is 9.15. The van der Waals surface area contributed by atoms with Gasteiger partial charge in [0.1, 0.15) is 11.4 Å². The Labute approximate surface area is 156 Å². The Hall–Kier alpha value is -2.93. The van der Waals surface area contributed by atoms with E-state index in [1.54, 1.807) is 13.0 Å². The van der Waals surface area contributed by atoms with E-state index in [0.717, 1.165) is 37.7 Å². The van der Waals surface area contributed by atoms with Crippen LogP contribution < -0.4 is 5.32 Å². The van der Waals surface area contributed by atoms with Gasteiger partial charge in [0.15, 0.2) is 17.3 Å². The molecule has 1 aromatic carbocycles. The Morgan fingerprint density at radius 1 is 1.19 bits per heavy atom. The number of halogens is 1. The summed E-state index contributed by atoms with van der Waals surface area (Å²) < 4.78 is 19.9. The van der Waals surface area contributed by atoms with Crippen LogP contribution in [0.4, 0.5) is 4.39 Å². The highest BCUT2D eigenvalue weighted by Crippen LogP contribution is 2.28. The van der Waals surface area contributed by atoms with Gasteiger partial charge in [-0.1, -0.05) is 0 Å². The number of amidine groups is 1. The van der Waals surface area contributed by atoms with Crippen LogP contribution in [0.1, 0.15) is 11.5 Å². The average Bonchev–Trinajstić information content (AvgIpc) is 3.09. The number of allylic oxidation sites excluding steroid dienone is 1. The van der Waals surface area contributed by atoms with Crippen LogP contribution in [0.25, 0.3) is 16.8 Å². The maximum atomic E-state index is 14.4. The number of fused-ring (bicyclic) bond motifs is 2. The van der Waals surface area contributed by atoms with Crippen molar-refractivity contribution in [2.45, 2.75) is 6.92 Å². The minimum atomic E-state index is -0.386. The lowest BCUT2D eigenvalue weighted by Gasteiger charge is -2.34. The highest BCUT2D eigenvalue weighted by atomic mass is 19.1. The normalized spacial score (nSPS) is 19.7. The van der Waals surface area contributed by atoms with Crippen LogP contribution in [0, 0.1) is 12.7 Å². The minimum Gasteiger partial charge on any atom is -0.441 e. The molecule has 0 amide bonds. The summed E-state index contributed by atoms with van der Waals surface area (Å²) in [6, 6.07) is 3.28. The molecule has 4 heterocycles. The van der Waals surface area contributed by atoms with Crippen molar-refractivity contribution >= 4 is 22.6 Å². The van der Waals surface area contributed by atoms with E-state index in [0.29, 0.717) is 23.6 Å². The molecule has 27 heavy (non-hydrogen) atoms. The molecule has 1 fully saturated rings. The smallest absolute Gasteiger partial charge is 0.192 e. The van der Waals surface area contributed by atoms with Crippen LogP contribution in [0.2, 0.25) is 0 Å². The van der Waals surface area contributed by atoms with Gasteiger partial charge >= 0.3 is 0 Å². The number of nitrogens with zero attached hydrogens (tertiary/aromatic N) is 4. The van der Waals surface area contributed by atoms with Gasteiger partial charge in [-0.3, -0.25) is 0 Å². The molecule has 3 aliphatic rings. The zero-order chi connectivity index (χ0) is 18.4. The molecule has 3 aliphatic heterocycles. The number of benzene rings is 1. The largest absolute Gasteiger partial charge is 0.441 e. The fraction of sp³-hybridized carbons (Fsp3) is 0.300. The van der Waals surface area contributed by atoms with Gasteiger partial charge in [0.2, 0.25) is 0 Å². The van der Waals surface area contributed by atoms with Gasteiger partial charge in [-0.2, -0.15) is 0 Å². The molecule has 6 nitrogen and oxygen atoms in total. The standard InChI is InChI=1S/C20H20FN5O/c1-13-23-20-16(21)10-14(11-18(20)27-13)17-4-7-26-12-15(2-3-19(26)24-17)25-8-5-22-6-9-25/h2-4,10-12,22H,5-9H2,1H3. The van der Waals surface area contributed by atoms with Crippen molar-refractivity contribution in [2.75, 3.05) is 32.7 Å². The minimum absolute atomic E-state index is 0.267. The molecule has 138 valence electrons. The predicted molar refractivity (Wildman–Crippen MR) is 102 cm³/mol. The van der Waals surface area contributed by atoms with Crippen molar-refractivity contribution in [3.05, 3.63) is 59.5 Å². The lowest BCUT2D eigenvalue weighted by molar-refractivity contribution is 0.302. The van der Waals surface area contributed by atoms with Crippen molar-refractivity contribution in [3.8, 4) is 0 Å². The summed E-state index contributed by atoms with van der Waals surface area (Å²) in [5.74, 6) is 0.931. The van der Waals surface area contributed by atoms with E-state index in [1.165, 1.54) is 11.8 Å². The molecule has 2 aromatic rings. The lowest BCUT2D eigenvalue weighted by atomic mass is 10.1. The Morgan fingerprint density at radius 2 is 2.04 bits per heavy atom. The summed E-state index contributed by atoms with van der Waals surface area (Å²) in [6.45, 7) is 6.44. The lowest BCUT2D eigenvalue weighted by Crippen LogP contribution is -2.44. The molecule has 0 radical (unpaired) electrons. The number of hydrogen-bond donors (Lipinski definition) is 1. The molecule has 0 spiro atoms. The second kappa shape index (κ2) is 6.35. The van der Waals surface area contributed by atoms with Crippen molar-refractivity contribution in [2.24, 2.45) is 4.99 Å². The number of aryl methyl sites for hydroxylation is 1. The molecule has 1 aromatic heterocycles. The third-order valence-corrected chi connectivity index (χ3v) is 5.04. The third kappa shape index (κ3) is 2.94. The second-order valence-electron chi connectivity index (χ2n) is 6.87. The quantitative estimate of drug-likeness (QED) is 0.887. The highest BCUT2D eigenvalue weighted by Gasteiger charge is 2.21. The summed E-state index contributed by atoms with van der Waals surface area (Å²) in [7, 11) is 0. The molecular formula is C20H20FN5O. The molecule has 0 unspecified atom stereocenters. The summed E-state index contributed by atoms with van der Waals surface area (Å²) in [4.78, 5) is 13.3. The fourth-order valence-corrected chi connectivity index (χ4v) is 3.67. The van der Waals surface area contributed by atoms with Crippen molar-refractivity contribution in [3.63, 3.8) is 0 Å². The number of hydrogen-bond acceptors (Lipinski definition) is 6. The first-order valence-electron chi connectivity index (χ1n) is 9.15. The number of rotatable bonds is 2. The molecule has 0 bridgehead atoms. The molecule has 1 saturated heterocycles. The van der Waals surface area contributed by atoms with Crippen LogP contribution >= 0.6 is 0 Å². The van der Waals surface area contributed by atoms with Crippen molar-refractivity contribution in [1.29, 1.82) is 0 Å². The van der Waals surface area contributed by atoms with Gasteiger partial charge in [0, 0.05) is 51.4 Å². The van der Waals surface area contributed by atoms with Gasteiger partial charge in [0.25, 0.3) is 0 Å². The van der Waals surface area contributed by atoms with Crippen molar-refractivity contribution in [1.82, 2.24) is 20.1 Å². The van der Waals surface area contributed by atoms with Gasteiger partial charge in [-0.25, -0.2) is 14.4 Å². The Morgan fingerprint density at radius 3 is 2.89 bits per heavy atom. The Bertz CT molecular complexity index is 1030. The van der Waals surface area contributed by atoms with E-state index in [-0.39, 0.29) is 11.3 Å². The van der Waals surface area contributed by atoms with E-state index in [9.17, 15) is 4.39 Å². The Balaban J connectivity index is 1.42. The molecule has 5 rings (SSSR count). The van der Waals surface area contributed by atoms with Crippen LogP contribution in [0.15, 0.2) is 51.7 Å². The summed E-state index contributed by atoms with van der Waals surface area (Å²) in [6.07, 6.45) is 8.28. The van der Waals surface area contributed by atoms with E-state index < -0.39 is 0 Å². The van der Waals surface area contributed by atoms with Gasteiger partial charge < -0.3 is 19.5 Å². The number of piperazine rings is 1. The van der Waals surface area contributed by atoms with Gasteiger partial charge in [0.05, 0.1) is 11.4 Å². The number of oxazole rings is 1. The van der Waals surface area contributed by atoms with Gasteiger partial charge in [-0.05, 0) is 30.4 Å². The molecule has 0 atom stereocenters. The monoisotopic (exact) mass is 365 g/mol. The van der Waals surface area contributed by atoms with Crippen molar-refractivity contribution < 1.29 is 8.81 Å². The number of aliphatic imine (C=N–C) groups is 1. The zero-order valence-electron chi connectivity index (χ0n) is 15.1. The van der Waals surface area contributed by atoms with E-state index in [2.05, 4.69) is 32.4 Å². The average molecular weight is 365 g/mol. The van der Waals surface area contributed by atoms with Crippen LogP contribution in [-0.2, 0) is 0 Å². The Kier molecular flexibility index (Phi) is 3.82. The van der Waals surface area contributed by atoms with E-state index >= 15 is 0 Å².